The van der Waals surface area contributed by atoms with Crippen LogP contribution in [0.15, 0.2) is 83.4 Å². The molecule has 0 saturated carbocycles. The predicted molar refractivity (Wildman–Crippen MR) is 166 cm³/mol. The van der Waals surface area contributed by atoms with E-state index in [2.05, 4.69) is 41.2 Å². The number of carboxylic acid groups (broad SMARTS) is 1. The molecule has 2 aromatic heterocycles. The highest BCUT2D eigenvalue weighted by Crippen LogP contribution is 2.44. The molecule has 4 atom stereocenters. The summed E-state index contributed by atoms with van der Waals surface area (Å²) < 4.78 is 6.41. The first-order chi connectivity index (χ1) is 19.8. The summed E-state index contributed by atoms with van der Waals surface area (Å²) in [6.07, 6.45) is 2.99. The molecule has 210 valence electrons. The second kappa shape index (κ2) is 11.2. The van der Waals surface area contributed by atoms with Gasteiger partial charge in [-0.1, -0.05) is 43.6 Å². The molecule has 2 aliphatic heterocycles. The summed E-state index contributed by atoms with van der Waals surface area (Å²) in [5.41, 5.74) is 3.59. The van der Waals surface area contributed by atoms with Crippen molar-refractivity contribution in [1.82, 2.24) is 10.3 Å². The fourth-order valence-corrected chi connectivity index (χ4v) is 6.80. The highest BCUT2D eigenvalue weighted by atomic mass is 35.5. The monoisotopic (exact) mass is 586 g/mol. The summed E-state index contributed by atoms with van der Waals surface area (Å²) in [6.45, 7) is 6.54. The van der Waals surface area contributed by atoms with Crippen molar-refractivity contribution in [2.24, 2.45) is 11.8 Å². The average molecular weight is 587 g/mol. The van der Waals surface area contributed by atoms with Crippen LogP contribution >= 0.6 is 23.8 Å². The van der Waals surface area contributed by atoms with E-state index in [-0.39, 0.29) is 17.6 Å². The molecule has 0 aliphatic carbocycles. The molecular weight excluding hydrogens is 556 g/mol. The van der Waals surface area contributed by atoms with Crippen LogP contribution in [0.4, 0.5) is 11.4 Å². The van der Waals surface area contributed by atoms with E-state index in [9.17, 15) is 9.90 Å². The van der Waals surface area contributed by atoms with Crippen molar-refractivity contribution in [2.75, 3.05) is 22.9 Å². The lowest BCUT2D eigenvalue weighted by Gasteiger charge is -2.37. The number of carboxylic acids is 1. The molecule has 2 fully saturated rings. The number of benzene rings is 2. The van der Waals surface area contributed by atoms with Gasteiger partial charge >= 0.3 is 5.97 Å². The number of piperidine rings is 1. The summed E-state index contributed by atoms with van der Waals surface area (Å²) >= 11 is 12.8. The van der Waals surface area contributed by atoms with E-state index < -0.39 is 5.97 Å². The number of nitrogens with one attached hydrogen (secondary N) is 1. The zero-order valence-corrected chi connectivity index (χ0v) is 24.4. The van der Waals surface area contributed by atoms with Crippen LogP contribution in [0.3, 0.4) is 0 Å². The summed E-state index contributed by atoms with van der Waals surface area (Å²) in [4.78, 5) is 20.6. The molecule has 2 saturated heterocycles. The van der Waals surface area contributed by atoms with Gasteiger partial charge in [0.25, 0.3) is 0 Å². The summed E-state index contributed by atoms with van der Waals surface area (Å²) in [5, 5.41) is 14.1. The predicted octanol–water partition coefficient (Wildman–Crippen LogP) is 7.35. The highest BCUT2D eigenvalue weighted by molar-refractivity contribution is 7.80. The largest absolute Gasteiger partial charge is 0.478 e. The zero-order valence-electron chi connectivity index (χ0n) is 22.8. The van der Waals surface area contributed by atoms with Gasteiger partial charge in [-0.15, -0.1) is 0 Å². The molecule has 0 spiro atoms. The Bertz CT molecular complexity index is 1580. The number of hydrogen-bond donors (Lipinski definition) is 2. The quantitative estimate of drug-likeness (QED) is 0.227. The Labute approximate surface area is 249 Å². The zero-order chi connectivity index (χ0) is 28.7. The van der Waals surface area contributed by atoms with Crippen molar-refractivity contribution in [3.05, 3.63) is 101 Å². The summed E-state index contributed by atoms with van der Waals surface area (Å²) in [7, 11) is 0. The Balaban J connectivity index is 1.38. The lowest BCUT2D eigenvalue weighted by molar-refractivity contribution is 0.0697. The molecular formula is C32H31ClN4O3S. The standard InChI is InChI=1S/C32H31ClN4O3S/c1-19-14-20(2)18-36(17-19)26-10-9-23(16-24(26)33)37-30(29(35-32(37)41)25-8-3-4-13-34-25)28-12-11-27(40-28)21-6-5-7-22(15-21)31(38)39/h3-13,15-16,19-20,29-30H,14,17-18H2,1-2H3,(H,35,41)(H,38,39)/t19-,20-,29+,30+/m1/s1. The first-order valence-electron chi connectivity index (χ1n) is 13.8. The molecule has 2 aromatic carbocycles. The van der Waals surface area contributed by atoms with Gasteiger partial charge in [-0.2, -0.15) is 0 Å². The lowest BCUT2D eigenvalue weighted by Crippen LogP contribution is -2.38. The number of carbonyl (C=O) groups is 1. The number of furan rings is 1. The van der Waals surface area contributed by atoms with E-state index >= 15 is 0 Å². The van der Waals surface area contributed by atoms with Gasteiger partial charge < -0.3 is 24.6 Å². The number of rotatable bonds is 6. The minimum absolute atomic E-state index is 0.198. The first kappa shape index (κ1) is 27.3. The van der Waals surface area contributed by atoms with E-state index in [0.717, 1.165) is 30.2 Å². The normalized spacial score (nSPS) is 22.6. The van der Waals surface area contributed by atoms with Crippen LogP contribution in [-0.4, -0.2) is 34.3 Å². The summed E-state index contributed by atoms with van der Waals surface area (Å²) in [6, 6.07) is 21.8. The van der Waals surface area contributed by atoms with Gasteiger partial charge in [-0.3, -0.25) is 4.98 Å². The first-order valence-corrected chi connectivity index (χ1v) is 14.6. The molecule has 0 radical (unpaired) electrons. The van der Waals surface area contributed by atoms with Gasteiger partial charge in [0.05, 0.1) is 28.0 Å². The highest BCUT2D eigenvalue weighted by Gasteiger charge is 2.43. The third-order valence-corrected chi connectivity index (χ3v) is 8.45. The maximum atomic E-state index is 11.5. The molecule has 4 heterocycles. The van der Waals surface area contributed by atoms with Crippen LogP contribution in [-0.2, 0) is 0 Å². The minimum atomic E-state index is -0.987. The SMILES string of the molecule is C[C@@H]1C[C@@H](C)CN(c2ccc(N3C(=S)N[C@@H](c4ccccn4)[C@@H]3c3ccc(-c4cccc(C(=O)O)c4)o3)cc2Cl)C1. The molecule has 0 amide bonds. The molecule has 2 N–H and O–H groups in total. The third kappa shape index (κ3) is 5.42. The Morgan fingerprint density at radius 2 is 1.85 bits per heavy atom. The Kier molecular flexibility index (Phi) is 7.45. The number of thiocarbonyl (C=S) groups is 1. The maximum absolute atomic E-state index is 11.5. The van der Waals surface area contributed by atoms with E-state index in [1.165, 1.54) is 6.42 Å². The van der Waals surface area contributed by atoms with Gasteiger partial charge in [-0.25, -0.2) is 4.79 Å². The Hall–Kier alpha value is -3.88. The van der Waals surface area contributed by atoms with Crippen LogP contribution in [0.2, 0.25) is 5.02 Å². The van der Waals surface area contributed by atoms with Crippen molar-refractivity contribution in [1.29, 1.82) is 0 Å². The van der Waals surface area contributed by atoms with Gasteiger partial charge in [0.1, 0.15) is 17.6 Å². The smallest absolute Gasteiger partial charge is 0.335 e. The molecule has 9 heteroatoms. The van der Waals surface area contributed by atoms with Gasteiger partial charge in [-0.05, 0) is 85.1 Å². The number of pyridine rings is 1. The van der Waals surface area contributed by atoms with Gasteiger partial charge in [0, 0.05) is 30.5 Å². The minimum Gasteiger partial charge on any atom is -0.478 e. The molecule has 7 nitrogen and oxygen atoms in total. The van der Waals surface area contributed by atoms with E-state index in [4.69, 9.17) is 28.2 Å². The number of aromatic carboxylic acids is 1. The number of aromatic nitrogens is 1. The fraction of sp³-hybridized carbons (Fsp3) is 0.281. The molecule has 6 rings (SSSR count). The van der Waals surface area contributed by atoms with Crippen LogP contribution < -0.4 is 15.1 Å². The van der Waals surface area contributed by atoms with Crippen LogP contribution in [0.25, 0.3) is 11.3 Å². The van der Waals surface area contributed by atoms with Crippen molar-refractivity contribution < 1.29 is 14.3 Å². The molecule has 41 heavy (non-hydrogen) atoms. The van der Waals surface area contributed by atoms with E-state index in [0.29, 0.717) is 39.1 Å². The van der Waals surface area contributed by atoms with Crippen molar-refractivity contribution in [3.63, 3.8) is 0 Å². The second-order valence-corrected chi connectivity index (χ2v) is 11.9. The van der Waals surface area contributed by atoms with Crippen molar-refractivity contribution in [2.45, 2.75) is 32.4 Å². The number of nitrogens with zero attached hydrogens (tertiary/aromatic N) is 3. The van der Waals surface area contributed by atoms with E-state index in [1.807, 2.05) is 47.4 Å². The number of hydrogen-bond acceptors (Lipinski definition) is 5. The van der Waals surface area contributed by atoms with Crippen LogP contribution in [0.1, 0.15) is 54.2 Å². The maximum Gasteiger partial charge on any atom is 0.335 e. The van der Waals surface area contributed by atoms with Crippen LogP contribution in [0.5, 0.6) is 0 Å². The molecule has 2 aliphatic rings. The number of anilines is 2. The Morgan fingerprint density at radius 3 is 2.56 bits per heavy atom. The molecule has 0 unspecified atom stereocenters. The lowest BCUT2D eigenvalue weighted by atomic mass is 9.91. The average Bonchev–Trinajstić information content (AvgIpc) is 3.57. The fourth-order valence-electron chi connectivity index (χ4n) is 6.16. The van der Waals surface area contributed by atoms with Gasteiger partial charge in [0.15, 0.2) is 5.11 Å². The van der Waals surface area contributed by atoms with Crippen molar-refractivity contribution >= 4 is 46.3 Å². The van der Waals surface area contributed by atoms with Crippen LogP contribution in [0, 0.1) is 11.8 Å². The molecule has 0 bridgehead atoms. The van der Waals surface area contributed by atoms with Crippen molar-refractivity contribution in [3.8, 4) is 11.3 Å². The third-order valence-electron chi connectivity index (χ3n) is 7.83. The number of halogens is 1. The Morgan fingerprint density at radius 1 is 1.05 bits per heavy atom. The molecule has 4 aromatic rings. The topological polar surface area (TPSA) is 81.8 Å². The van der Waals surface area contributed by atoms with Gasteiger partial charge in [0.2, 0.25) is 0 Å². The van der Waals surface area contributed by atoms with E-state index in [1.54, 1.807) is 24.4 Å². The summed E-state index contributed by atoms with van der Waals surface area (Å²) in [5.74, 6) is 1.47. The second-order valence-electron chi connectivity index (χ2n) is 11.1.